The SMILES string of the molecule is COCCN(Cc1ccc(OC)c(OS(=O)(=O)c2cccc(C(F)(F)F)c2)c1)C(=O)Nc1c(C(C)C)cccc1C(C)C. The van der Waals surface area contributed by atoms with E-state index >= 15 is 0 Å². The Morgan fingerprint density at radius 1 is 0.907 bits per heavy atom. The van der Waals surface area contributed by atoms with E-state index in [1.807, 2.05) is 45.9 Å². The number of alkyl halides is 3. The van der Waals surface area contributed by atoms with Gasteiger partial charge in [0.1, 0.15) is 4.90 Å². The van der Waals surface area contributed by atoms with Crippen LogP contribution in [0.1, 0.15) is 61.8 Å². The van der Waals surface area contributed by atoms with Gasteiger partial charge in [0.05, 0.1) is 19.3 Å². The third kappa shape index (κ3) is 8.64. The molecule has 0 aliphatic rings. The van der Waals surface area contributed by atoms with Crippen molar-refractivity contribution in [1.29, 1.82) is 0 Å². The van der Waals surface area contributed by atoms with Crippen molar-refractivity contribution in [3.05, 3.63) is 82.9 Å². The number of para-hydroxylation sites is 1. The van der Waals surface area contributed by atoms with Crippen molar-refractivity contribution in [2.24, 2.45) is 0 Å². The molecule has 8 nitrogen and oxygen atoms in total. The van der Waals surface area contributed by atoms with Gasteiger partial charge in [-0.1, -0.05) is 58.0 Å². The maximum absolute atomic E-state index is 13.6. The van der Waals surface area contributed by atoms with Gasteiger partial charge < -0.3 is 23.9 Å². The number of carbonyl (C=O) groups is 1. The van der Waals surface area contributed by atoms with Gasteiger partial charge in [-0.05, 0) is 58.9 Å². The molecule has 2 amide bonds. The second-order valence-electron chi connectivity index (χ2n) is 10.5. The summed E-state index contributed by atoms with van der Waals surface area (Å²) >= 11 is 0. The van der Waals surface area contributed by atoms with Gasteiger partial charge >= 0.3 is 22.3 Å². The summed E-state index contributed by atoms with van der Waals surface area (Å²) in [5.41, 5.74) is 2.09. The highest BCUT2D eigenvalue weighted by Crippen LogP contribution is 2.35. The van der Waals surface area contributed by atoms with E-state index in [0.717, 1.165) is 35.0 Å². The number of nitrogens with zero attached hydrogens (tertiary/aromatic N) is 1. The van der Waals surface area contributed by atoms with Crippen molar-refractivity contribution in [2.45, 2.75) is 57.1 Å². The average molecular weight is 623 g/mol. The third-order valence-electron chi connectivity index (χ3n) is 6.71. The summed E-state index contributed by atoms with van der Waals surface area (Å²) in [6.45, 7) is 8.68. The van der Waals surface area contributed by atoms with Gasteiger partial charge in [-0.2, -0.15) is 21.6 Å². The van der Waals surface area contributed by atoms with Crippen LogP contribution in [0.4, 0.5) is 23.7 Å². The van der Waals surface area contributed by atoms with Crippen LogP contribution in [-0.2, 0) is 27.6 Å². The number of anilines is 1. The van der Waals surface area contributed by atoms with Gasteiger partial charge in [0.15, 0.2) is 11.5 Å². The fraction of sp³-hybridized carbons (Fsp3) is 0.387. The van der Waals surface area contributed by atoms with Crippen LogP contribution in [0.5, 0.6) is 11.5 Å². The number of methoxy groups -OCH3 is 2. The minimum absolute atomic E-state index is 0.0413. The molecule has 0 aromatic heterocycles. The van der Waals surface area contributed by atoms with Crippen LogP contribution in [0.3, 0.4) is 0 Å². The Hall–Kier alpha value is -3.77. The van der Waals surface area contributed by atoms with E-state index in [1.54, 1.807) is 6.07 Å². The summed E-state index contributed by atoms with van der Waals surface area (Å²) in [5.74, 6) is 0.111. The molecule has 0 saturated heterocycles. The first-order valence-corrected chi connectivity index (χ1v) is 15.0. The topological polar surface area (TPSA) is 94.2 Å². The van der Waals surface area contributed by atoms with Crippen LogP contribution in [0.15, 0.2) is 65.6 Å². The lowest BCUT2D eigenvalue weighted by atomic mass is 9.93. The number of rotatable bonds is 12. The standard InChI is InChI=1S/C31H37F3N2O6S/c1-20(2)25-11-8-12-26(21(3)4)29(25)35-30(37)36(15-16-40-5)19-22-13-14-27(41-6)28(17-22)42-43(38,39)24-10-7-9-23(18-24)31(32,33)34/h7-14,17-18,20-21H,15-16,19H2,1-6H3,(H,35,37). The summed E-state index contributed by atoms with van der Waals surface area (Å²) in [6.07, 6.45) is -4.74. The number of carbonyl (C=O) groups excluding carboxylic acids is 1. The molecule has 0 bridgehead atoms. The summed E-state index contributed by atoms with van der Waals surface area (Å²) in [5, 5.41) is 3.07. The van der Waals surface area contributed by atoms with Crippen LogP contribution in [0, 0.1) is 0 Å². The van der Waals surface area contributed by atoms with Crippen LogP contribution in [0.25, 0.3) is 0 Å². The predicted molar refractivity (Wildman–Crippen MR) is 158 cm³/mol. The van der Waals surface area contributed by atoms with Gasteiger partial charge in [0.2, 0.25) is 0 Å². The number of ether oxygens (including phenoxy) is 2. The lowest BCUT2D eigenvalue weighted by molar-refractivity contribution is -0.137. The first-order chi connectivity index (χ1) is 20.2. The van der Waals surface area contributed by atoms with Crippen LogP contribution >= 0.6 is 0 Å². The predicted octanol–water partition coefficient (Wildman–Crippen LogP) is 7.41. The Morgan fingerprint density at radius 2 is 1.53 bits per heavy atom. The lowest BCUT2D eigenvalue weighted by Crippen LogP contribution is -2.37. The zero-order valence-corrected chi connectivity index (χ0v) is 25.8. The van der Waals surface area contributed by atoms with Crippen molar-refractivity contribution >= 4 is 21.8 Å². The third-order valence-corrected chi connectivity index (χ3v) is 7.94. The van der Waals surface area contributed by atoms with Crippen molar-refractivity contribution < 1.29 is 40.0 Å². The Labute approximate surface area is 250 Å². The molecular formula is C31H37F3N2O6S. The first-order valence-electron chi connectivity index (χ1n) is 13.6. The highest BCUT2D eigenvalue weighted by Gasteiger charge is 2.32. The maximum atomic E-state index is 13.6. The van der Waals surface area contributed by atoms with Crippen LogP contribution in [0.2, 0.25) is 0 Å². The molecule has 0 aliphatic heterocycles. The first kappa shape index (κ1) is 33.7. The van der Waals surface area contributed by atoms with Gasteiger partial charge in [-0.25, -0.2) is 4.79 Å². The molecule has 3 rings (SSSR count). The fourth-order valence-electron chi connectivity index (χ4n) is 4.43. The maximum Gasteiger partial charge on any atom is 0.416 e. The van der Waals surface area contributed by atoms with E-state index in [2.05, 4.69) is 5.32 Å². The molecule has 0 unspecified atom stereocenters. The summed E-state index contributed by atoms with van der Waals surface area (Å²) in [4.78, 5) is 14.5. The molecule has 3 aromatic carbocycles. The molecule has 3 aromatic rings. The minimum atomic E-state index is -4.74. The minimum Gasteiger partial charge on any atom is -0.493 e. The van der Waals surface area contributed by atoms with Crippen molar-refractivity contribution in [3.63, 3.8) is 0 Å². The molecule has 0 atom stereocenters. The van der Waals surface area contributed by atoms with Crippen molar-refractivity contribution in [2.75, 3.05) is 32.7 Å². The molecule has 12 heteroatoms. The molecule has 0 radical (unpaired) electrons. The Kier molecular flexibility index (Phi) is 11.1. The van der Waals surface area contributed by atoms with E-state index in [-0.39, 0.29) is 49.1 Å². The van der Waals surface area contributed by atoms with Crippen molar-refractivity contribution in [3.8, 4) is 11.5 Å². The molecule has 0 spiro atoms. The smallest absolute Gasteiger partial charge is 0.416 e. The molecule has 0 fully saturated rings. The van der Waals surface area contributed by atoms with E-state index in [1.165, 1.54) is 31.3 Å². The molecule has 0 heterocycles. The van der Waals surface area contributed by atoms with Crippen LogP contribution in [-0.4, -0.2) is 46.7 Å². The quantitative estimate of drug-likeness (QED) is 0.212. The van der Waals surface area contributed by atoms with Crippen molar-refractivity contribution in [1.82, 2.24) is 4.90 Å². The number of urea groups is 1. The highest BCUT2D eigenvalue weighted by atomic mass is 32.2. The molecule has 43 heavy (non-hydrogen) atoms. The van der Waals surface area contributed by atoms with Gasteiger partial charge in [-0.15, -0.1) is 0 Å². The molecule has 0 saturated carbocycles. The number of nitrogens with one attached hydrogen (secondary N) is 1. The van der Waals surface area contributed by atoms with Gasteiger partial charge in [0.25, 0.3) is 0 Å². The second-order valence-corrected chi connectivity index (χ2v) is 12.1. The number of hydrogen-bond donors (Lipinski definition) is 1. The summed E-state index contributed by atoms with van der Waals surface area (Å²) in [6, 6.07) is 13.3. The average Bonchev–Trinajstić information content (AvgIpc) is 2.94. The zero-order valence-electron chi connectivity index (χ0n) is 25.0. The molecule has 0 aliphatic carbocycles. The lowest BCUT2D eigenvalue weighted by Gasteiger charge is -2.26. The Bertz CT molecular complexity index is 1500. The second kappa shape index (κ2) is 14.1. The highest BCUT2D eigenvalue weighted by molar-refractivity contribution is 7.87. The van der Waals surface area contributed by atoms with E-state index < -0.39 is 26.8 Å². The largest absolute Gasteiger partial charge is 0.493 e. The Balaban J connectivity index is 1.93. The molecule has 1 N–H and O–H groups in total. The summed E-state index contributed by atoms with van der Waals surface area (Å²) < 4.78 is 81.2. The number of benzene rings is 3. The normalized spacial score (nSPS) is 12.0. The zero-order chi connectivity index (χ0) is 31.9. The number of amides is 2. The molecular weight excluding hydrogens is 585 g/mol. The summed E-state index contributed by atoms with van der Waals surface area (Å²) in [7, 11) is -1.85. The molecule has 234 valence electrons. The number of halogens is 3. The Morgan fingerprint density at radius 3 is 2.09 bits per heavy atom. The van der Waals surface area contributed by atoms with E-state index in [0.29, 0.717) is 11.6 Å². The number of hydrogen-bond acceptors (Lipinski definition) is 6. The van der Waals surface area contributed by atoms with Crippen LogP contribution < -0.4 is 14.2 Å². The van der Waals surface area contributed by atoms with Gasteiger partial charge in [-0.3, -0.25) is 0 Å². The van der Waals surface area contributed by atoms with Gasteiger partial charge in [0, 0.05) is 25.9 Å². The monoisotopic (exact) mass is 622 g/mol. The van der Waals surface area contributed by atoms with E-state index in [4.69, 9.17) is 13.7 Å². The van der Waals surface area contributed by atoms with E-state index in [9.17, 15) is 26.4 Å². The fourth-order valence-corrected chi connectivity index (χ4v) is 5.41.